The molecule has 5 nitrogen and oxygen atoms in total. The van der Waals surface area contributed by atoms with Gasteiger partial charge in [-0.15, -0.1) is 0 Å². The highest BCUT2D eigenvalue weighted by Crippen LogP contribution is 2.18. The molecule has 7 heteroatoms. The number of thioether (sulfide) groups is 1. The smallest absolute Gasteiger partial charge is 0.251 e. The number of hydrogen-bond donors (Lipinski definition) is 2. The van der Waals surface area contributed by atoms with Crippen molar-refractivity contribution >= 4 is 23.4 Å². The van der Waals surface area contributed by atoms with Crippen molar-refractivity contribution in [2.45, 2.75) is 17.3 Å². The van der Waals surface area contributed by atoms with Gasteiger partial charge in [0.2, 0.25) is 5.91 Å². The standard InChI is InChI=1S/C19H16FN3O2S/c20-14-6-8-15(9-7-14)21-17(24)10-16-11-18(25)23-19(22-16)26-12-13-4-2-1-3-5-13/h1-9,11H,10,12H2,(H,21,24)(H,22,23,25). The van der Waals surface area contributed by atoms with Gasteiger partial charge in [0, 0.05) is 17.5 Å². The second-order valence-electron chi connectivity index (χ2n) is 5.55. The molecule has 1 heterocycles. The van der Waals surface area contributed by atoms with Gasteiger partial charge in [0.05, 0.1) is 12.1 Å². The number of aromatic nitrogens is 2. The molecule has 0 fully saturated rings. The van der Waals surface area contributed by atoms with Gasteiger partial charge in [0.1, 0.15) is 5.82 Å². The summed E-state index contributed by atoms with van der Waals surface area (Å²) in [5, 5.41) is 3.11. The zero-order valence-electron chi connectivity index (χ0n) is 13.7. The van der Waals surface area contributed by atoms with Crippen molar-refractivity contribution < 1.29 is 9.18 Å². The quantitative estimate of drug-likeness (QED) is 0.516. The molecule has 0 spiro atoms. The number of halogens is 1. The van der Waals surface area contributed by atoms with Gasteiger partial charge in [-0.1, -0.05) is 42.1 Å². The molecule has 2 aromatic carbocycles. The van der Waals surface area contributed by atoms with Crippen molar-refractivity contribution in [2.24, 2.45) is 0 Å². The van der Waals surface area contributed by atoms with Crippen LogP contribution in [0.5, 0.6) is 0 Å². The second kappa shape index (κ2) is 8.44. The van der Waals surface area contributed by atoms with Gasteiger partial charge in [0.25, 0.3) is 5.56 Å². The maximum atomic E-state index is 12.9. The molecule has 132 valence electrons. The number of carbonyl (C=O) groups is 1. The van der Waals surface area contributed by atoms with E-state index in [4.69, 9.17) is 0 Å². The van der Waals surface area contributed by atoms with Gasteiger partial charge in [-0.05, 0) is 29.8 Å². The number of hydrogen-bond acceptors (Lipinski definition) is 4. The van der Waals surface area contributed by atoms with Crippen LogP contribution in [-0.2, 0) is 17.0 Å². The Morgan fingerprint density at radius 3 is 2.58 bits per heavy atom. The van der Waals surface area contributed by atoms with Crippen molar-refractivity contribution in [1.82, 2.24) is 9.97 Å². The third-order valence-electron chi connectivity index (χ3n) is 3.46. The Hall–Kier alpha value is -2.93. The van der Waals surface area contributed by atoms with E-state index in [0.717, 1.165) is 5.56 Å². The van der Waals surface area contributed by atoms with E-state index in [-0.39, 0.29) is 23.7 Å². The molecule has 26 heavy (non-hydrogen) atoms. The van der Waals surface area contributed by atoms with Gasteiger partial charge in [0.15, 0.2) is 5.16 Å². The van der Waals surface area contributed by atoms with Crippen molar-refractivity contribution in [1.29, 1.82) is 0 Å². The Morgan fingerprint density at radius 1 is 1.12 bits per heavy atom. The molecule has 0 aliphatic heterocycles. The average Bonchev–Trinajstić information content (AvgIpc) is 2.62. The number of anilines is 1. The summed E-state index contributed by atoms with van der Waals surface area (Å²) in [5.41, 5.74) is 1.67. The minimum atomic E-state index is -0.376. The lowest BCUT2D eigenvalue weighted by Crippen LogP contribution is -2.18. The molecular formula is C19H16FN3O2S. The molecule has 0 unspecified atom stereocenters. The van der Waals surface area contributed by atoms with Crippen LogP contribution >= 0.6 is 11.8 Å². The predicted molar refractivity (Wildman–Crippen MR) is 99.6 cm³/mol. The molecule has 3 aromatic rings. The zero-order valence-corrected chi connectivity index (χ0v) is 14.6. The lowest BCUT2D eigenvalue weighted by Gasteiger charge is -2.06. The molecule has 0 atom stereocenters. The van der Waals surface area contributed by atoms with Gasteiger partial charge in [-0.2, -0.15) is 0 Å². The summed E-state index contributed by atoms with van der Waals surface area (Å²) in [6.45, 7) is 0. The Labute approximate surface area is 153 Å². The predicted octanol–water partition coefficient (Wildman–Crippen LogP) is 3.38. The fraction of sp³-hybridized carbons (Fsp3) is 0.105. The number of rotatable bonds is 6. The molecular weight excluding hydrogens is 353 g/mol. The van der Waals surface area contributed by atoms with Crippen LogP contribution in [0.4, 0.5) is 10.1 Å². The van der Waals surface area contributed by atoms with Crippen molar-refractivity contribution in [3.8, 4) is 0 Å². The summed E-state index contributed by atoms with van der Waals surface area (Å²) in [6, 6.07) is 16.6. The minimum absolute atomic E-state index is 0.0415. The van der Waals surface area contributed by atoms with Crippen LogP contribution in [0.3, 0.4) is 0 Å². The van der Waals surface area contributed by atoms with E-state index in [1.807, 2.05) is 30.3 Å². The number of aromatic amines is 1. The monoisotopic (exact) mass is 369 g/mol. The molecule has 1 amide bonds. The summed E-state index contributed by atoms with van der Waals surface area (Å²) in [5.74, 6) is -0.0392. The molecule has 0 radical (unpaired) electrons. The lowest BCUT2D eigenvalue weighted by molar-refractivity contribution is -0.115. The van der Waals surface area contributed by atoms with Crippen molar-refractivity contribution in [2.75, 3.05) is 5.32 Å². The topological polar surface area (TPSA) is 74.8 Å². The largest absolute Gasteiger partial charge is 0.326 e. The number of nitrogens with zero attached hydrogens (tertiary/aromatic N) is 1. The first kappa shape index (κ1) is 17.9. The van der Waals surface area contributed by atoms with Gasteiger partial charge >= 0.3 is 0 Å². The molecule has 3 rings (SSSR count). The highest BCUT2D eigenvalue weighted by Gasteiger charge is 2.09. The fourth-order valence-corrected chi connectivity index (χ4v) is 3.12. The van der Waals surface area contributed by atoms with Crippen molar-refractivity contribution in [3.63, 3.8) is 0 Å². The van der Waals surface area contributed by atoms with E-state index in [1.54, 1.807) is 0 Å². The summed E-state index contributed by atoms with van der Waals surface area (Å²) in [6.07, 6.45) is -0.0415. The summed E-state index contributed by atoms with van der Waals surface area (Å²) in [4.78, 5) is 30.9. The summed E-state index contributed by atoms with van der Waals surface area (Å²) < 4.78 is 12.9. The highest BCUT2D eigenvalue weighted by atomic mass is 32.2. The number of carbonyl (C=O) groups excluding carboxylic acids is 1. The first-order valence-corrected chi connectivity index (χ1v) is 8.89. The van der Waals surface area contributed by atoms with Crippen LogP contribution in [0, 0.1) is 5.82 Å². The van der Waals surface area contributed by atoms with E-state index >= 15 is 0 Å². The number of nitrogens with one attached hydrogen (secondary N) is 2. The first-order valence-electron chi connectivity index (χ1n) is 7.91. The van der Waals surface area contributed by atoms with Gasteiger partial charge < -0.3 is 10.3 Å². The van der Waals surface area contributed by atoms with Crippen LogP contribution in [-0.4, -0.2) is 15.9 Å². The Balaban J connectivity index is 1.64. The molecule has 1 aromatic heterocycles. The van der Waals surface area contributed by atoms with Crippen LogP contribution in [0.25, 0.3) is 0 Å². The fourth-order valence-electron chi connectivity index (χ4n) is 2.27. The Morgan fingerprint density at radius 2 is 1.85 bits per heavy atom. The van der Waals surface area contributed by atoms with E-state index in [0.29, 0.717) is 22.3 Å². The van der Waals surface area contributed by atoms with E-state index in [2.05, 4.69) is 15.3 Å². The Bertz CT molecular complexity index is 943. The van der Waals surface area contributed by atoms with Gasteiger partial charge in [-0.25, -0.2) is 9.37 Å². The molecule has 0 aliphatic rings. The first-order chi connectivity index (χ1) is 12.6. The minimum Gasteiger partial charge on any atom is -0.326 e. The lowest BCUT2D eigenvalue weighted by atomic mass is 10.2. The molecule has 2 N–H and O–H groups in total. The number of amides is 1. The third kappa shape index (κ3) is 5.29. The van der Waals surface area contributed by atoms with Crippen LogP contribution in [0.2, 0.25) is 0 Å². The van der Waals surface area contributed by atoms with E-state index < -0.39 is 0 Å². The second-order valence-corrected chi connectivity index (χ2v) is 6.51. The maximum absolute atomic E-state index is 12.9. The maximum Gasteiger partial charge on any atom is 0.251 e. The number of H-pyrrole nitrogens is 1. The van der Waals surface area contributed by atoms with E-state index in [1.165, 1.54) is 42.1 Å². The molecule has 0 bridgehead atoms. The third-order valence-corrected chi connectivity index (χ3v) is 4.41. The molecule has 0 aliphatic carbocycles. The van der Waals surface area contributed by atoms with Crippen molar-refractivity contribution in [3.05, 3.63) is 88.1 Å². The van der Waals surface area contributed by atoms with Crippen LogP contribution in [0.1, 0.15) is 11.3 Å². The van der Waals surface area contributed by atoms with Gasteiger partial charge in [-0.3, -0.25) is 9.59 Å². The van der Waals surface area contributed by atoms with E-state index in [9.17, 15) is 14.0 Å². The molecule has 0 saturated heterocycles. The average molecular weight is 369 g/mol. The normalized spacial score (nSPS) is 10.5. The van der Waals surface area contributed by atoms with Crippen LogP contribution < -0.4 is 10.9 Å². The summed E-state index contributed by atoms with van der Waals surface area (Å²) in [7, 11) is 0. The SMILES string of the molecule is O=C(Cc1cc(=O)[nH]c(SCc2ccccc2)n1)Nc1ccc(F)cc1. The Kier molecular flexibility index (Phi) is 5.80. The highest BCUT2D eigenvalue weighted by molar-refractivity contribution is 7.98. The number of benzene rings is 2. The summed E-state index contributed by atoms with van der Waals surface area (Å²) >= 11 is 1.39. The zero-order chi connectivity index (χ0) is 18.4. The van der Waals surface area contributed by atoms with Crippen LogP contribution in [0.15, 0.2) is 70.6 Å². The molecule has 0 saturated carbocycles.